The second-order valence-corrected chi connectivity index (χ2v) is 7.45. The Bertz CT molecular complexity index is 783. The SMILES string of the molecule is CCOC(=O)CN1CCN(Cc2ccc(C(OC)(OC)c3ccccc3)cc2)CC1. The van der Waals surface area contributed by atoms with E-state index in [0.717, 1.165) is 43.9 Å². The van der Waals surface area contributed by atoms with Crippen LogP contribution in [0.5, 0.6) is 0 Å². The fraction of sp³-hybridized carbons (Fsp3) is 0.458. The molecule has 3 rings (SSSR count). The van der Waals surface area contributed by atoms with Gasteiger partial charge in [-0.3, -0.25) is 14.6 Å². The summed E-state index contributed by atoms with van der Waals surface area (Å²) in [6.07, 6.45) is 0. The summed E-state index contributed by atoms with van der Waals surface area (Å²) in [5.74, 6) is -1.06. The highest BCUT2D eigenvalue weighted by Gasteiger charge is 2.34. The number of carbonyl (C=O) groups is 1. The van der Waals surface area contributed by atoms with E-state index >= 15 is 0 Å². The van der Waals surface area contributed by atoms with Crippen LogP contribution in [-0.2, 0) is 31.3 Å². The fourth-order valence-corrected chi connectivity index (χ4v) is 3.96. The molecule has 1 heterocycles. The Labute approximate surface area is 179 Å². The van der Waals surface area contributed by atoms with Crippen molar-refractivity contribution < 1.29 is 19.0 Å². The van der Waals surface area contributed by atoms with E-state index in [4.69, 9.17) is 14.2 Å². The lowest BCUT2D eigenvalue weighted by molar-refractivity contribution is -0.183. The van der Waals surface area contributed by atoms with Crippen LogP contribution in [0.25, 0.3) is 0 Å². The van der Waals surface area contributed by atoms with Gasteiger partial charge in [0.05, 0.1) is 13.2 Å². The molecule has 0 radical (unpaired) electrons. The van der Waals surface area contributed by atoms with Crippen LogP contribution in [0.3, 0.4) is 0 Å². The van der Waals surface area contributed by atoms with Gasteiger partial charge in [0.1, 0.15) is 0 Å². The first-order valence-corrected chi connectivity index (χ1v) is 10.5. The first kappa shape index (κ1) is 22.4. The van der Waals surface area contributed by atoms with E-state index in [2.05, 4.69) is 34.1 Å². The van der Waals surface area contributed by atoms with Gasteiger partial charge in [0, 0.05) is 58.1 Å². The highest BCUT2D eigenvalue weighted by atomic mass is 16.7. The van der Waals surface area contributed by atoms with Gasteiger partial charge in [0.15, 0.2) is 0 Å². The van der Waals surface area contributed by atoms with Crippen LogP contribution in [-0.4, -0.2) is 69.3 Å². The second kappa shape index (κ2) is 10.7. The van der Waals surface area contributed by atoms with Crippen molar-refractivity contribution in [3.8, 4) is 0 Å². The molecule has 0 atom stereocenters. The monoisotopic (exact) mass is 412 g/mol. The predicted octanol–water partition coefficient (Wildman–Crippen LogP) is 2.86. The molecule has 6 nitrogen and oxygen atoms in total. The minimum Gasteiger partial charge on any atom is -0.465 e. The molecular formula is C24H32N2O4. The van der Waals surface area contributed by atoms with Crippen molar-refractivity contribution in [2.45, 2.75) is 19.3 Å². The van der Waals surface area contributed by atoms with E-state index in [9.17, 15) is 4.79 Å². The van der Waals surface area contributed by atoms with Gasteiger partial charge in [-0.25, -0.2) is 0 Å². The number of piperazine rings is 1. The highest BCUT2D eigenvalue weighted by Crippen LogP contribution is 2.34. The Hall–Kier alpha value is -2.25. The maximum Gasteiger partial charge on any atom is 0.320 e. The summed E-state index contributed by atoms with van der Waals surface area (Å²) in [5.41, 5.74) is 3.16. The number of nitrogens with zero attached hydrogens (tertiary/aromatic N) is 2. The van der Waals surface area contributed by atoms with Gasteiger partial charge in [-0.05, 0) is 12.5 Å². The van der Waals surface area contributed by atoms with Crippen molar-refractivity contribution in [3.05, 3.63) is 71.3 Å². The molecule has 0 unspecified atom stereocenters. The summed E-state index contributed by atoms with van der Waals surface area (Å²) < 4.78 is 16.7. The van der Waals surface area contributed by atoms with Crippen molar-refractivity contribution in [2.24, 2.45) is 0 Å². The molecule has 1 aliphatic rings. The van der Waals surface area contributed by atoms with Gasteiger partial charge in [-0.2, -0.15) is 0 Å². The van der Waals surface area contributed by atoms with E-state index in [0.29, 0.717) is 13.2 Å². The molecule has 6 heteroatoms. The Balaban J connectivity index is 1.60. The largest absolute Gasteiger partial charge is 0.465 e. The molecule has 0 aliphatic carbocycles. The van der Waals surface area contributed by atoms with Gasteiger partial charge < -0.3 is 14.2 Å². The molecule has 1 aliphatic heterocycles. The number of ether oxygens (including phenoxy) is 3. The van der Waals surface area contributed by atoms with Gasteiger partial charge in [0.2, 0.25) is 5.79 Å². The number of benzene rings is 2. The van der Waals surface area contributed by atoms with Gasteiger partial charge >= 0.3 is 5.97 Å². The summed E-state index contributed by atoms with van der Waals surface area (Å²) in [4.78, 5) is 16.2. The molecule has 1 fully saturated rings. The summed E-state index contributed by atoms with van der Waals surface area (Å²) >= 11 is 0. The van der Waals surface area contributed by atoms with Crippen LogP contribution < -0.4 is 0 Å². The predicted molar refractivity (Wildman–Crippen MR) is 116 cm³/mol. The molecule has 0 N–H and O–H groups in total. The van der Waals surface area contributed by atoms with Gasteiger partial charge in [-0.1, -0.05) is 54.6 Å². The molecule has 2 aromatic carbocycles. The highest BCUT2D eigenvalue weighted by molar-refractivity contribution is 5.71. The van der Waals surface area contributed by atoms with Crippen molar-refractivity contribution >= 4 is 5.97 Å². The average Bonchev–Trinajstić information content (AvgIpc) is 2.78. The van der Waals surface area contributed by atoms with Crippen LogP contribution in [0.1, 0.15) is 23.6 Å². The molecule has 0 saturated carbocycles. The third kappa shape index (κ3) is 5.26. The molecule has 0 bridgehead atoms. The average molecular weight is 413 g/mol. The summed E-state index contributed by atoms with van der Waals surface area (Å²) in [7, 11) is 3.33. The zero-order valence-electron chi connectivity index (χ0n) is 18.2. The van der Waals surface area contributed by atoms with E-state index in [1.165, 1.54) is 5.56 Å². The zero-order chi connectivity index (χ0) is 21.4. The first-order chi connectivity index (χ1) is 14.6. The normalized spacial score (nSPS) is 15.8. The van der Waals surface area contributed by atoms with Gasteiger partial charge in [0.25, 0.3) is 0 Å². The van der Waals surface area contributed by atoms with E-state index in [1.54, 1.807) is 14.2 Å². The quantitative estimate of drug-likeness (QED) is 0.466. The summed E-state index contributed by atoms with van der Waals surface area (Å²) in [6.45, 7) is 7.16. The van der Waals surface area contributed by atoms with Crippen LogP contribution >= 0.6 is 0 Å². The Morgan fingerprint density at radius 3 is 2.00 bits per heavy atom. The third-order valence-corrected chi connectivity index (χ3v) is 5.59. The lowest BCUT2D eigenvalue weighted by atomic mass is 9.96. The molecule has 0 amide bonds. The van der Waals surface area contributed by atoms with Crippen LogP contribution in [0.2, 0.25) is 0 Å². The number of hydrogen-bond donors (Lipinski definition) is 0. The van der Waals surface area contributed by atoms with Crippen LogP contribution in [0.15, 0.2) is 54.6 Å². The molecular weight excluding hydrogens is 380 g/mol. The molecule has 2 aromatic rings. The summed E-state index contributed by atoms with van der Waals surface area (Å²) in [6, 6.07) is 18.4. The maximum absolute atomic E-state index is 11.7. The number of esters is 1. The molecule has 30 heavy (non-hydrogen) atoms. The van der Waals surface area contributed by atoms with Gasteiger partial charge in [-0.15, -0.1) is 0 Å². The Morgan fingerprint density at radius 1 is 0.867 bits per heavy atom. The lowest BCUT2D eigenvalue weighted by Gasteiger charge is -2.34. The number of carbonyl (C=O) groups excluding carboxylic acids is 1. The van der Waals surface area contributed by atoms with Crippen LogP contribution in [0, 0.1) is 0 Å². The maximum atomic E-state index is 11.7. The third-order valence-electron chi connectivity index (χ3n) is 5.59. The topological polar surface area (TPSA) is 51.2 Å². The van der Waals surface area contributed by atoms with E-state index in [1.807, 2.05) is 37.3 Å². The minimum atomic E-state index is -0.918. The Kier molecular flexibility index (Phi) is 7.99. The minimum absolute atomic E-state index is 0.139. The number of rotatable bonds is 9. The van der Waals surface area contributed by atoms with E-state index in [-0.39, 0.29) is 5.97 Å². The van der Waals surface area contributed by atoms with Crippen molar-refractivity contribution in [3.63, 3.8) is 0 Å². The second-order valence-electron chi connectivity index (χ2n) is 7.45. The van der Waals surface area contributed by atoms with Crippen molar-refractivity contribution in [1.82, 2.24) is 9.80 Å². The standard InChI is InChI=1S/C24H32N2O4/c1-4-30-23(27)19-26-16-14-25(15-17-26)18-20-10-12-22(13-11-20)24(28-2,29-3)21-8-6-5-7-9-21/h5-13H,4,14-19H2,1-3H3. The molecule has 162 valence electrons. The van der Waals surface area contributed by atoms with E-state index < -0.39 is 5.79 Å². The fourth-order valence-electron chi connectivity index (χ4n) is 3.96. The lowest BCUT2D eigenvalue weighted by Crippen LogP contribution is -2.47. The van der Waals surface area contributed by atoms with Crippen molar-refractivity contribution in [2.75, 3.05) is 53.6 Å². The Morgan fingerprint density at radius 2 is 1.43 bits per heavy atom. The zero-order valence-corrected chi connectivity index (χ0v) is 18.2. The number of methoxy groups -OCH3 is 2. The molecule has 1 saturated heterocycles. The summed E-state index contributed by atoms with van der Waals surface area (Å²) in [5, 5.41) is 0. The van der Waals surface area contributed by atoms with Crippen molar-refractivity contribution in [1.29, 1.82) is 0 Å². The smallest absolute Gasteiger partial charge is 0.320 e. The van der Waals surface area contributed by atoms with Crippen LogP contribution in [0.4, 0.5) is 0 Å². The molecule has 0 spiro atoms. The molecule has 0 aromatic heterocycles. The number of hydrogen-bond acceptors (Lipinski definition) is 6. The first-order valence-electron chi connectivity index (χ1n) is 10.5.